The number of amides is 1. The first-order chi connectivity index (χ1) is 12.0. The number of aromatic amines is 2. The van der Waals surface area contributed by atoms with E-state index in [0.717, 1.165) is 29.6 Å². The van der Waals surface area contributed by atoms with Gasteiger partial charge in [0.25, 0.3) is 5.91 Å². The smallest absolute Gasteiger partial charge is 0.260 e. The first-order valence-electron chi connectivity index (χ1n) is 8.89. The number of rotatable bonds is 3. The van der Waals surface area contributed by atoms with Gasteiger partial charge in [-0.3, -0.25) is 15.2 Å². The summed E-state index contributed by atoms with van der Waals surface area (Å²) in [6, 6.07) is 5.89. The van der Waals surface area contributed by atoms with E-state index in [4.69, 9.17) is 0 Å². The molecular weight excluding hydrogens is 314 g/mol. The first-order valence-corrected chi connectivity index (χ1v) is 8.89. The highest BCUT2D eigenvalue weighted by Gasteiger charge is 2.22. The molecule has 1 unspecified atom stereocenters. The lowest BCUT2D eigenvalue weighted by molar-refractivity contribution is 0.102. The zero-order valence-corrected chi connectivity index (χ0v) is 14.8. The fourth-order valence-corrected chi connectivity index (χ4v) is 3.56. The van der Waals surface area contributed by atoms with Crippen molar-refractivity contribution in [2.45, 2.75) is 46.0 Å². The molecule has 0 bridgehead atoms. The van der Waals surface area contributed by atoms with E-state index < -0.39 is 0 Å². The molecule has 0 fully saturated rings. The van der Waals surface area contributed by atoms with Crippen LogP contribution in [-0.2, 0) is 12.8 Å². The Morgan fingerprint density at radius 3 is 2.96 bits per heavy atom. The molecular formula is C19H23N5O. The van der Waals surface area contributed by atoms with Gasteiger partial charge in [0.05, 0.1) is 11.1 Å². The highest BCUT2D eigenvalue weighted by atomic mass is 16.1. The molecule has 1 atom stereocenters. The zero-order chi connectivity index (χ0) is 17.6. The maximum absolute atomic E-state index is 12.8. The normalized spacial score (nSPS) is 17.0. The Hall–Kier alpha value is -2.63. The van der Waals surface area contributed by atoms with Crippen molar-refractivity contribution >= 4 is 22.8 Å². The van der Waals surface area contributed by atoms with E-state index in [1.807, 2.05) is 26.0 Å². The highest BCUT2D eigenvalue weighted by Crippen LogP contribution is 2.33. The molecule has 1 aliphatic rings. The summed E-state index contributed by atoms with van der Waals surface area (Å²) in [5, 5.41) is 10.9. The summed E-state index contributed by atoms with van der Waals surface area (Å²) >= 11 is 0. The van der Waals surface area contributed by atoms with Gasteiger partial charge in [0.2, 0.25) is 5.95 Å². The van der Waals surface area contributed by atoms with Gasteiger partial charge in [-0.2, -0.15) is 4.98 Å². The summed E-state index contributed by atoms with van der Waals surface area (Å²) in [6.45, 7) is 6.34. The lowest BCUT2D eigenvalue weighted by Gasteiger charge is -2.17. The molecule has 0 saturated carbocycles. The van der Waals surface area contributed by atoms with Crippen molar-refractivity contribution in [3.8, 4) is 0 Å². The van der Waals surface area contributed by atoms with E-state index in [2.05, 4.69) is 38.5 Å². The molecule has 3 N–H and O–H groups in total. The number of nitrogens with zero attached hydrogens (tertiary/aromatic N) is 2. The topological polar surface area (TPSA) is 86.5 Å². The summed E-state index contributed by atoms with van der Waals surface area (Å²) in [6.07, 6.45) is 3.31. The number of aryl methyl sites for hydroxylation is 1. The Labute approximate surface area is 146 Å². The van der Waals surface area contributed by atoms with Crippen molar-refractivity contribution in [3.63, 3.8) is 0 Å². The minimum Gasteiger partial charge on any atom is -0.358 e. The SMILES string of the molecule is CC1CCc2[nH]c3c(C(=O)Nc4n[nH]c(C(C)C)n4)cccc3c2C1. The third-order valence-corrected chi connectivity index (χ3v) is 4.99. The number of carbonyl (C=O) groups is 1. The van der Waals surface area contributed by atoms with Crippen LogP contribution in [0.15, 0.2) is 18.2 Å². The molecule has 1 amide bonds. The second kappa shape index (κ2) is 6.02. The Morgan fingerprint density at radius 2 is 2.20 bits per heavy atom. The number of fused-ring (bicyclic) bond motifs is 3. The minimum atomic E-state index is -0.188. The highest BCUT2D eigenvalue weighted by molar-refractivity contribution is 6.12. The van der Waals surface area contributed by atoms with Crippen LogP contribution in [0.25, 0.3) is 10.9 Å². The molecule has 25 heavy (non-hydrogen) atoms. The van der Waals surface area contributed by atoms with Crippen molar-refractivity contribution in [1.29, 1.82) is 0 Å². The summed E-state index contributed by atoms with van der Waals surface area (Å²) in [5.74, 6) is 1.81. The van der Waals surface area contributed by atoms with Crippen molar-refractivity contribution < 1.29 is 4.79 Å². The number of nitrogens with one attached hydrogen (secondary N) is 3. The van der Waals surface area contributed by atoms with Crippen molar-refractivity contribution in [3.05, 3.63) is 40.8 Å². The van der Waals surface area contributed by atoms with Crippen molar-refractivity contribution in [2.75, 3.05) is 5.32 Å². The van der Waals surface area contributed by atoms with Gasteiger partial charge >= 0.3 is 0 Å². The van der Waals surface area contributed by atoms with Gasteiger partial charge in [0, 0.05) is 17.0 Å². The van der Waals surface area contributed by atoms with Gasteiger partial charge in [-0.15, -0.1) is 5.10 Å². The second-order valence-electron chi connectivity index (χ2n) is 7.31. The number of hydrogen-bond donors (Lipinski definition) is 3. The van der Waals surface area contributed by atoms with Crippen LogP contribution in [0, 0.1) is 5.92 Å². The molecule has 2 heterocycles. The minimum absolute atomic E-state index is 0.188. The van der Waals surface area contributed by atoms with Crippen LogP contribution in [0.3, 0.4) is 0 Å². The van der Waals surface area contributed by atoms with E-state index in [0.29, 0.717) is 17.4 Å². The van der Waals surface area contributed by atoms with E-state index in [1.54, 1.807) is 0 Å². The van der Waals surface area contributed by atoms with Gasteiger partial charge in [-0.25, -0.2) is 0 Å². The second-order valence-corrected chi connectivity index (χ2v) is 7.31. The van der Waals surface area contributed by atoms with Crippen molar-refractivity contribution in [1.82, 2.24) is 20.2 Å². The first kappa shape index (κ1) is 15.9. The van der Waals surface area contributed by atoms with Crippen LogP contribution in [0.5, 0.6) is 0 Å². The molecule has 0 aliphatic heterocycles. The van der Waals surface area contributed by atoms with E-state index >= 15 is 0 Å². The standard InChI is InChI=1S/C19H23N5O/c1-10(2)17-21-19(24-23-17)22-18(25)13-6-4-5-12-14-9-11(3)7-8-15(14)20-16(12)13/h4-6,10-11,20H,7-9H2,1-3H3,(H2,21,22,23,24,25). The number of benzene rings is 1. The number of anilines is 1. The molecule has 3 aromatic rings. The third kappa shape index (κ3) is 2.81. The average molecular weight is 337 g/mol. The molecule has 0 saturated heterocycles. The largest absolute Gasteiger partial charge is 0.358 e. The molecule has 1 aliphatic carbocycles. The molecule has 2 aromatic heterocycles. The van der Waals surface area contributed by atoms with Crippen LogP contribution >= 0.6 is 0 Å². The number of para-hydroxylation sites is 1. The molecule has 6 heteroatoms. The maximum Gasteiger partial charge on any atom is 0.260 e. The Bertz CT molecular complexity index is 937. The fourth-order valence-electron chi connectivity index (χ4n) is 3.56. The number of aromatic nitrogens is 4. The predicted octanol–water partition coefficient (Wildman–Crippen LogP) is 3.79. The zero-order valence-electron chi connectivity index (χ0n) is 14.8. The lowest BCUT2D eigenvalue weighted by Crippen LogP contribution is -2.13. The van der Waals surface area contributed by atoms with Gasteiger partial charge in [-0.1, -0.05) is 32.9 Å². The summed E-state index contributed by atoms with van der Waals surface area (Å²) in [4.78, 5) is 20.6. The molecule has 0 spiro atoms. The molecule has 0 radical (unpaired) electrons. The van der Waals surface area contributed by atoms with Crippen LogP contribution < -0.4 is 5.32 Å². The van der Waals surface area contributed by atoms with Crippen LogP contribution in [0.2, 0.25) is 0 Å². The molecule has 1 aromatic carbocycles. The number of carbonyl (C=O) groups excluding carboxylic acids is 1. The average Bonchev–Trinajstić information content (AvgIpc) is 3.19. The Morgan fingerprint density at radius 1 is 1.36 bits per heavy atom. The summed E-state index contributed by atoms with van der Waals surface area (Å²) < 4.78 is 0. The number of H-pyrrole nitrogens is 2. The van der Waals surface area contributed by atoms with Crippen LogP contribution in [0.4, 0.5) is 5.95 Å². The van der Waals surface area contributed by atoms with Gasteiger partial charge < -0.3 is 4.98 Å². The molecule has 130 valence electrons. The van der Waals surface area contributed by atoms with Gasteiger partial charge in [-0.05, 0) is 36.8 Å². The van der Waals surface area contributed by atoms with E-state index in [-0.39, 0.29) is 11.8 Å². The van der Waals surface area contributed by atoms with E-state index in [1.165, 1.54) is 17.7 Å². The third-order valence-electron chi connectivity index (χ3n) is 4.99. The Balaban J connectivity index is 1.67. The van der Waals surface area contributed by atoms with Crippen LogP contribution in [-0.4, -0.2) is 26.1 Å². The monoisotopic (exact) mass is 337 g/mol. The Kier molecular flexibility index (Phi) is 3.82. The van der Waals surface area contributed by atoms with Gasteiger partial charge in [0.15, 0.2) is 0 Å². The van der Waals surface area contributed by atoms with Gasteiger partial charge in [0.1, 0.15) is 5.82 Å². The summed E-state index contributed by atoms with van der Waals surface area (Å²) in [5.41, 5.74) is 4.19. The number of hydrogen-bond acceptors (Lipinski definition) is 3. The maximum atomic E-state index is 12.8. The van der Waals surface area contributed by atoms with Crippen LogP contribution in [0.1, 0.15) is 60.5 Å². The molecule has 6 nitrogen and oxygen atoms in total. The van der Waals surface area contributed by atoms with Crippen molar-refractivity contribution in [2.24, 2.45) is 5.92 Å². The lowest BCUT2D eigenvalue weighted by atomic mass is 9.87. The fraction of sp³-hybridized carbons (Fsp3) is 0.421. The molecule has 4 rings (SSSR count). The summed E-state index contributed by atoms with van der Waals surface area (Å²) in [7, 11) is 0. The van der Waals surface area contributed by atoms with E-state index in [9.17, 15) is 4.79 Å². The quantitative estimate of drug-likeness (QED) is 0.679. The predicted molar refractivity (Wildman–Crippen MR) is 97.9 cm³/mol.